The number of aromatic nitrogens is 3. The Labute approximate surface area is 191 Å². The van der Waals surface area contributed by atoms with Gasteiger partial charge < -0.3 is 9.62 Å². The summed E-state index contributed by atoms with van der Waals surface area (Å²) in [5.41, 5.74) is 6.85. The first-order valence-corrected chi connectivity index (χ1v) is 12.5. The highest BCUT2D eigenvalue weighted by atomic mass is 32.2. The molecule has 0 fully saturated rings. The Balaban J connectivity index is 2.06. The van der Waals surface area contributed by atoms with E-state index in [0.717, 1.165) is 41.2 Å². The second-order valence-corrected chi connectivity index (χ2v) is 10.3. The van der Waals surface area contributed by atoms with Crippen LogP contribution in [0.5, 0.6) is 0 Å². The lowest BCUT2D eigenvalue weighted by Crippen LogP contribution is -2.11. The van der Waals surface area contributed by atoms with E-state index in [1.807, 2.05) is 39.2 Å². The van der Waals surface area contributed by atoms with Crippen LogP contribution in [-0.4, -0.2) is 50.3 Å². The molecule has 166 valence electrons. The van der Waals surface area contributed by atoms with E-state index in [1.54, 1.807) is 18.8 Å². The van der Waals surface area contributed by atoms with Crippen LogP contribution in [0.25, 0.3) is 11.3 Å². The number of aryl methyl sites for hydroxylation is 2. The van der Waals surface area contributed by atoms with Gasteiger partial charge in [0, 0.05) is 39.8 Å². The molecule has 0 amide bonds. The van der Waals surface area contributed by atoms with Crippen LogP contribution < -0.4 is 4.72 Å². The minimum atomic E-state index is -2.41. The molecule has 0 radical (unpaired) electrons. The first-order chi connectivity index (χ1) is 15.2. The number of hydrogen-bond acceptors (Lipinski definition) is 5. The van der Waals surface area contributed by atoms with Gasteiger partial charge in [-0.2, -0.15) is 0 Å². The predicted molar refractivity (Wildman–Crippen MR) is 134 cm³/mol. The quantitative estimate of drug-likeness (QED) is 0.462. The molecule has 2 aromatic heterocycles. The second kappa shape index (κ2) is 9.94. The Morgan fingerprint density at radius 1 is 1.16 bits per heavy atom. The molecule has 0 saturated carbocycles. The zero-order valence-corrected chi connectivity index (χ0v) is 20.1. The van der Waals surface area contributed by atoms with Crippen LogP contribution in [0.3, 0.4) is 0 Å². The van der Waals surface area contributed by atoms with Crippen LogP contribution in [0.4, 0.5) is 5.69 Å². The molecule has 1 unspecified atom stereocenters. The van der Waals surface area contributed by atoms with Crippen LogP contribution in [0.2, 0.25) is 0 Å². The molecule has 7 heteroatoms. The predicted octanol–water partition coefficient (Wildman–Crippen LogP) is 3.54. The van der Waals surface area contributed by atoms with Gasteiger partial charge in [-0.3, -0.25) is 4.98 Å². The van der Waals surface area contributed by atoms with E-state index < -0.39 is 9.71 Å². The molecule has 0 spiro atoms. The van der Waals surface area contributed by atoms with E-state index in [0.29, 0.717) is 11.3 Å². The maximum Gasteiger partial charge on any atom is 0.116 e. The van der Waals surface area contributed by atoms with Crippen molar-refractivity contribution in [1.82, 2.24) is 19.9 Å². The van der Waals surface area contributed by atoms with E-state index in [-0.39, 0.29) is 0 Å². The number of hydrogen-bond donors (Lipinski definition) is 1. The SMILES string of the molecule is C=S(C)(=O)Nc1cc(C#Cc2c(CC)ncnc2-c2cccc(CN(C)C)c2)cnc1C. The van der Waals surface area contributed by atoms with E-state index in [4.69, 9.17) is 0 Å². The van der Waals surface area contributed by atoms with Gasteiger partial charge in [-0.1, -0.05) is 37.0 Å². The van der Waals surface area contributed by atoms with Gasteiger partial charge >= 0.3 is 0 Å². The minimum absolute atomic E-state index is 0.663. The van der Waals surface area contributed by atoms with Crippen molar-refractivity contribution in [2.45, 2.75) is 26.8 Å². The smallest absolute Gasteiger partial charge is 0.116 e. The van der Waals surface area contributed by atoms with Crippen molar-refractivity contribution in [3.63, 3.8) is 0 Å². The highest BCUT2D eigenvalue weighted by molar-refractivity contribution is 8.00. The van der Waals surface area contributed by atoms with Crippen LogP contribution in [0, 0.1) is 18.8 Å². The maximum atomic E-state index is 12.1. The number of pyridine rings is 1. The Hall–Kier alpha value is -3.21. The Morgan fingerprint density at radius 3 is 2.62 bits per heavy atom. The third-order valence-corrected chi connectivity index (χ3v) is 5.36. The first kappa shape index (κ1) is 23.5. The van der Waals surface area contributed by atoms with Gasteiger partial charge in [0.2, 0.25) is 0 Å². The monoisotopic (exact) mass is 447 g/mol. The summed E-state index contributed by atoms with van der Waals surface area (Å²) in [4.78, 5) is 15.5. The number of rotatable bonds is 6. The number of nitrogens with zero attached hydrogens (tertiary/aromatic N) is 4. The average molecular weight is 448 g/mol. The van der Waals surface area contributed by atoms with Gasteiger partial charge in [0.05, 0.1) is 28.3 Å². The second-order valence-electron chi connectivity index (χ2n) is 8.05. The molecule has 3 aromatic rings. The van der Waals surface area contributed by atoms with Gasteiger partial charge in [0.15, 0.2) is 0 Å². The number of benzene rings is 1. The summed E-state index contributed by atoms with van der Waals surface area (Å²) >= 11 is 0. The molecule has 32 heavy (non-hydrogen) atoms. The van der Waals surface area contributed by atoms with Gasteiger partial charge in [-0.25, -0.2) is 14.2 Å². The number of nitrogens with one attached hydrogen (secondary N) is 1. The molecule has 2 heterocycles. The third kappa shape index (κ3) is 6.16. The van der Waals surface area contributed by atoms with E-state index in [9.17, 15) is 4.21 Å². The molecule has 1 aromatic carbocycles. The zero-order valence-electron chi connectivity index (χ0n) is 19.3. The van der Waals surface area contributed by atoms with Crippen LogP contribution in [-0.2, 0) is 22.7 Å². The lowest BCUT2D eigenvalue weighted by atomic mass is 10.0. The summed E-state index contributed by atoms with van der Waals surface area (Å²) in [6.45, 7) is 4.75. The Morgan fingerprint density at radius 2 is 1.94 bits per heavy atom. The molecule has 1 atom stereocenters. The summed E-state index contributed by atoms with van der Waals surface area (Å²) < 4.78 is 15.0. The van der Waals surface area contributed by atoms with E-state index in [1.165, 1.54) is 5.56 Å². The summed E-state index contributed by atoms with van der Waals surface area (Å²) in [7, 11) is 1.69. The van der Waals surface area contributed by atoms with Crippen molar-refractivity contribution < 1.29 is 4.21 Å². The third-order valence-electron chi connectivity index (χ3n) is 4.70. The lowest BCUT2D eigenvalue weighted by Gasteiger charge is -2.12. The minimum Gasteiger partial charge on any atom is -0.311 e. The van der Waals surface area contributed by atoms with Gasteiger partial charge in [0.1, 0.15) is 6.33 Å². The topological polar surface area (TPSA) is 71.0 Å². The molecule has 0 aliphatic rings. The first-order valence-electron chi connectivity index (χ1n) is 10.3. The van der Waals surface area contributed by atoms with Gasteiger partial charge in [-0.05, 0) is 51.0 Å². The molecular weight excluding hydrogens is 418 g/mol. The standard InChI is InChI=1S/C25H29N5OS/c1-7-23-22(12-11-19-14-24(18(2)26-15-19)29-32(5,6)31)25(28-17-27-23)21-10-8-9-20(13-21)16-30(3)4/h8-10,13-15,17H,5,7,16H2,1-4,6H3,(H,29,31). The van der Waals surface area contributed by atoms with Gasteiger partial charge in [-0.15, -0.1) is 0 Å². The van der Waals surface area contributed by atoms with Crippen molar-refractivity contribution in [3.8, 4) is 23.1 Å². The molecular formula is C25H29N5OS. The molecule has 1 N–H and O–H groups in total. The molecule has 6 nitrogen and oxygen atoms in total. The lowest BCUT2D eigenvalue weighted by molar-refractivity contribution is 0.402. The fourth-order valence-corrected chi connectivity index (χ4v) is 3.97. The summed E-state index contributed by atoms with van der Waals surface area (Å²) in [5, 5.41) is 0. The Kier molecular flexibility index (Phi) is 7.29. The van der Waals surface area contributed by atoms with Gasteiger partial charge in [0.25, 0.3) is 0 Å². The van der Waals surface area contributed by atoms with Crippen molar-refractivity contribution in [2.75, 3.05) is 25.1 Å². The summed E-state index contributed by atoms with van der Waals surface area (Å²) in [6.07, 6.45) is 5.60. The van der Waals surface area contributed by atoms with E-state index >= 15 is 0 Å². The van der Waals surface area contributed by atoms with Crippen molar-refractivity contribution in [3.05, 3.63) is 70.9 Å². The molecule has 3 rings (SSSR count). The summed E-state index contributed by atoms with van der Waals surface area (Å²) in [5.74, 6) is 10.1. The van der Waals surface area contributed by atoms with Crippen LogP contribution >= 0.6 is 0 Å². The van der Waals surface area contributed by atoms with Crippen molar-refractivity contribution in [2.24, 2.45) is 0 Å². The largest absolute Gasteiger partial charge is 0.311 e. The average Bonchev–Trinajstić information content (AvgIpc) is 2.72. The fourth-order valence-electron chi connectivity index (χ4n) is 3.29. The fraction of sp³-hybridized carbons (Fsp3) is 0.280. The molecule has 0 aliphatic heterocycles. The van der Waals surface area contributed by atoms with Crippen molar-refractivity contribution in [1.29, 1.82) is 0 Å². The highest BCUT2D eigenvalue weighted by Crippen LogP contribution is 2.24. The number of anilines is 1. The Bertz CT molecular complexity index is 1290. The molecule has 0 saturated heterocycles. The normalized spacial score (nSPS) is 12.7. The summed E-state index contributed by atoms with van der Waals surface area (Å²) in [6, 6.07) is 10.2. The molecule has 0 bridgehead atoms. The maximum absolute atomic E-state index is 12.1. The van der Waals surface area contributed by atoms with Crippen LogP contribution in [0.15, 0.2) is 42.9 Å². The highest BCUT2D eigenvalue weighted by Gasteiger charge is 2.11. The van der Waals surface area contributed by atoms with E-state index in [2.05, 4.69) is 61.3 Å². The zero-order chi connectivity index (χ0) is 23.3. The van der Waals surface area contributed by atoms with Crippen molar-refractivity contribution >= 4 is 21.3 Å². The van der Waals surface area contributed by atoms with Crippen LogP contribution in [0.1, 0.15) is 35.0 Å². The molecule has 0 aliphatic carbocycles.